The molecule has 1 saturated heterocycles. The Morgan fingerprint density at radius 3 is 3.12 bits per heavy atom. The van der Waals surface area contributed by atoms with Gasteiger partial charge in [-0.15, -0.1) is 0 Å². The molecule has 1 aliphatic heterocycles. The van der Waals surface area contributed by atoms with Crippen LogP contribution in [0.5, 0.6) is 0 Å². The summed E-state index contributed by atoms with van der Waals surface area (Å²) < 4.78 is 3.14. The van der Waals surface area contributed by atoms with Crippen LogP contribution in [0.4, 0.5) is 0 Å². The summed E-state index contributed by atoms with van der Waals surface area (Å²) in [7, 11) is 0. The van der Waals surface area contributed by atoms with Gasteiger partial charge >= 0.3 is 0 Å². The fraction of sp³-hybridized carbons (Fsp3) is 0.474. The number of aryl methyl sites for hydroxylation is 1. The zero-order valence-corrected chi connectivity index (χ0v) is 16.0. The van der Waals surface area contributed by atoms with Crippen molar-refractivity contribution in [2.24, 2.45) is 5.92 Å². The maximum Gasteiger partial charge on any atom is 0.224 e. The second-order valence-electron chi connectivity index (χ2n) is 6.65. The molecule has 6 heteroatoms. The number of imidazole rings is 1. The number of piperidine rings is 1. The molecule has 0 aliphatic carbocycles. The van der Waals surface area contributed by atoms with Crippen molar-refractivity contribution in [3.05, 3.63) is 53.0 Å². The van der Waals surface area contributed by atoms with Crippen LogP contribution in [0.15, 0.2) is 47.5 Å². The third-order valence-electron chi connectivity index (χ3n) is 4.62. The highest BCUT2D eigenvalue weighted by Crippen LogP contribution is 2.20. The van der Waals surface area contributed by atoms with Crippen LogP contribution in [0.1, 0.15) is 24.8 Å². The lowest BCUT2D eigenvalue weighted by Gasteiger charge is -2.32. The lowest BCUT2D eigenvalue weighted by Crippen LogP contribution is -2.43. The topological polar surface area (TPSA) is 50.2 Å². The number of nitrogens with one attached hydrogen (secondary N) is 1. The van der Waals surface area contributed by atoms with Gasteiger partial charge in [0.2, 0.25) is 5.91 Å². The maximum absolute atomic E-state index is 12.4. The van der Waals surface area contributed by atoms with Gasteiger partial charge in [0.1, 0.15) is 0 Å². The van der Waals surface area contributed by atoms with Crippen molar-refractivity contribution in [3.8, 4) is 0 Å². The van der Waals surface area contributed by atoms with E-state index in [0.717, 1.165) is 56.5 Å². The van der Waals surface area contributed by atoms with Crippen LogP contribution in [0.25, 0.3) is 0 Å². The number of carbonyl (C=O) groups excluding carboxylic acids is 1. The number of halogens is 1. The maximum atomic E-state index is 12.4. The molecule has 1 fully saturated rings. The van der Waals surface area contributed by atoms with Crippen molar-refractivity contribution >= 4 is 21.8 Å². The highest BCUT2D eigenvalue weighted by atomic mass is 79.9. The van der Waals surface area contributed by atoms with E-state index in [1.165, 1.54) is 5.56 Å². The molecule has 0 saturated carbocycles. The molecule has 0 spiro atoms. The highest BCUT2D eigenvalue weighted by molar-refractivity contribution is 9.10. The van der Waals surface area contributed by atoms with E-state index >= 15 is 0 Å². The van der Waals surface area contributed by atoms with E-state index in [1.807, 2.05) is 23.2 Å². The summed E-state index contributed by atoms with van der Waals surface area (Å²) in [5.74, 6) is 0.304. The van der Waals surface area contributed by atoms with E-state index < -0.39 is 0 Å². The second-order valence-corrected chi connectivity index (χ2v) is 7.56. The van der Waals surface area contributed by atoms with E-state index in [1.54, 1.807) is 6.20 Å². The number of amides is 1. The predicted molar refractivity (Wildman–Crippen MR) is 102 cm³/mol. The molecule has 2 aromatic rings. The zero-order chi connectivity index (χ0) is 17.5. The van der Waals surface area contributed by atoms with Gasteiger partial charge in [0.15, 0.2) is 0 Å². The van der Waals surface area contributed by atoms with Crippen LogP contribution in [0.3, 0.4) is 0 Å². The molecule has 1 aromatic carbocycles. The molecule has 1 amide bonds. The van der Waals surface area contributed by atoms with Crippen LogP contribution in [-0.4, -0.2) is 40.0 Å². The van der Waals surface area contributed by atoms with Gasteiger partial charge in [-0.05, 0) is 43.5 Å². The number of nitrogens with zero attached hydrogens (tertiary/aromatic N) is 3. The van der Waals surface area contributed by atoms with Gasteiger partial charge in [-0.1, -0.05) is 28.1 Å². The molecule has 3 rings (SSSR count). The van der Waals surface area contributed by atoms with Crippen LogP contribution in [0.2, 0.25) is 0 Å². The summed E-state index contributed by atoms with van der Waals surface area (Å²) in [5.41, 5.74) is 1.29. The zero-order valence-electron chi connectivity index (χ0n) is 14.4. The van der Waals surface area contributed by atoms with E-state index in [9.17, 15) is 4.79 Å². The first kappa shape index (κ1) is 18.1. The first-order valence-electron chi connectivity index (χ1n) is 8.91. The number of likely N-dealkylation sites (tertiary alicyclic amines) is 1. The summed E-state index contributed by atoms with van der Waals surface area (Å²) in [6.45, 7) is 4.43. The molecule has 5 nitrogen and oxygen atoms in total. The molecule has 25 heavy (non-hydrogen) atoms. The molecular formula is C19H25BrN4O. The Hall–Kier alpha value is -1.66. The Morgan fingerprint density at radius 1 is 1.40 bits per heavy atom. The minimum atomic E-state index is 0.106. The van der Waals surface area contributed by atoms with Crippen LogP contribution < -0.4 is 5.32 Å². The first-order valence-corrected chi connectivity index (χ1v) is 9.70. The average Bonchev–Trinajstić information content (AvgIpc) is 3.12. The standard InChI is InChI=1S/C19H25BrN4O/c20-18-6-1-4-16(12-18)13-24-9-2-5-17(14-24)19(25)22-7-3-10-23-11-8-21-15-23/h1,4,6,8,11-12,15,17H,2-3,5,7,9-10,13-14H2,(H,22,25). The first-order chi connectivity index (χ1) is 12.2. The lowest BCUT2D eigenvalue weighted by atomic mass is 9.96. The fourth-order valence-corrected chi connectivity index (χ4v) is 3.79. The third kappa shape index (κ3) is 5.68. The molecule has 0 radical (unpaired) electrons. The molecule has 0 bridgehead atoms. The lowest BCUT2D eigenvalue weighted by molar-refractivity contribution is -0.126. The number of carbonyl (C=O) groups is 1. The van der Waals surface area contributed by atoms with Crippen molar-refractivity contribution in [2.45, 2.75) is 32.4 Å². The van der Waals surface area contributed by atoms with E-state index in [4.69, 9.17) is 0 Å². The minimum absolute atomic E-state index is 0.106. The average molecular weight is 405 g/mol. The Bertz CT molecular complexity index is 674. The van der Waals surface area contributed by atoms with Crippen LogP contribution in [-0.2, 0) is 17.9 Å². The summed E-state index contributed by atoms with van der Waals surface area (Å²) in [5, 5.41) is 3.10. The van der Waals surface area contributed by atoms with Crippen LogP contribution in [0, 0.1) is 5.92 Å². The van der Waals surface area contributed by atoms with Crippen molar-refractivity contribution in [1.82, 2.24) is 19.8 Å². The smallest absolute Gasteiger partial charge is 0.224 e. The molecule has 1 N–H and O–H groups in total. The largest absolute Gasteiger partial charge is 0.356 e. The van der Waals surface area contributed by atoms with Gasteiger partial charge in [0.25, 0.3) is 0 Å². The van der Waals surface area contributed by atoms with Gasteiger partial charge in [-0.25, -0.2) is 4.98 Å². The molecule has 1 atom stereocenters. The second kappa shape index (κ2) is 9.15. The molecule has 1 aromatic heterocycles. The van der Waals surface area contributed by atoms with Crippen molar-refractivity contribution in [2.75, 3.05) is 19.6 Å². The SMILES string of the molecule is O=C(NCCCn1ccnc1)C1CCCN(Cc2cccc(Br)c2)C1. The van der Waals surface area contributed by atoms with Crippen molar-refractivity contribution in [1.29, 1.82) is 0 Å². The molecule has 1 unspecified atom stereocenters. The molecule has 2 heterocycles. The Balaban J connectivity index is 1.41. The van der Waals surface area contributed by atoms with Crippen molar-refractivity contribution in [3.63, 3.8) is 0 Å². The van der Waals surface area contributed by atoms with E-state index in [-0.39, 0.29) is 11.8 Å². The van der Waals surface area contributed by atoms with Gasteiger partial charge < -0.3 is 9.88 Å². The summed E-state index contributed by atoms with van der Waals surface area (Å²) in [6, 6.07) is 8.40. The Morgan fingerprint density at radius 2 is 2.32 bits per heavy atom. The summed E-state index contributed by atoms with van der Waals surface area (Å²) in [4.78, 5) is 18.9. The number of aromatic nitrogens is 2. The van der Waals surface area contributed by atoms with E-state index in [2.05, 4.69) is 49.3 Å². The van der Waals surface area contributed by atoms with Crippen molar-refractivity contribution < 1.29 is 4.79 Å². The number of rotatable bonds is 7. The highest BCUT2D eigenvalue weighted by Gasteiger charge is 2.25. The molecular weight excluding hydrogens is 380 g/mol. The quantitative estimate of drug-likeness (QED) is 0.721. The van der Waals surface area contributed by atoms with Crippen LogP contribution >= 0.6 is 15.9 Å². The number of hydrogen-bond donors (Lipinski definition) is 1. The predicted octanol–water partition coefficient (Wildman–Crippen LogP) is 3.06. The molecule has 134 valence electrons. The Kier molecular flexibility index (Phi) is 6.64. The van der Waals surface area contributed by atoms with Gasteiger partial charge in [0.05, 0.1) is 12.2 Å². The summed E-state index contributed by atoms with van der Waals surface area (Å²) in [6.07, 6.45) is 8.53. The number of hydrogen-bond acceptors (Lipinski definition) is 3. The monoisotopic (exact) mass is 404 g/mol. The summed E-state index contributed by atoms with van der Waals surface area (Å²) >= 11 is 3.52. The molecule has 1 aliphatic rings. The van der Waals surface area contributed by atoms with Gasteiger partial charge in [0, 0.05) is 43.0 Å². The normalized spacial score (nSPS) is 18.2. The third-order valence-corrected chi connectivity index (χ3v) is 5.12. The van der Waals surface area contributed by atoms with E-state index in [0.29, 0.717) is 0 Å². The van der Waals surface area contributed by atoms with Gasteiger partial charge in [-0.2, -0.15) is 0 Å². The van der Waals surface area contributed by atoms with Gasteiger partial charge in [-0.3, -0.25) is 9.69 Å². The fourth-order valence-electron chi connectivity index (χ4n) is 3.34. The Labute approximate surface area is 157 Å². The minimum Gasteiger partial charge on any atom is -0.356 e. The number of benzene rings is 1.